The lowest BCUT2D eigenvalue weighted by molar-refractivity contribution is -0.384. The molecule has 0 saturated carbocycles. The Morgan fingerprint density at radius 3 is 2.71 bits per heavy atom. The molecule has 0 aliphatic rings. The Balaban J connectivity index is 2.87. The summed E-state index contributed by atoms with van der Waals surface area (Å²) in [6.45, 7) is 3.57. The van der Waals surface area contributed by atoms with Crippen molar-refractivity contribution in [2.45, 2.75) is 26.3 Å². The fourth-order valence-corrected chi connectivity index (χ4v) is 2.12. The van der Waals surface area contributed by atoms with Crippen LogP contribution in [-0.4, -0.2) is 35.9 Å². The highest BCUT2D eigenvalue weighted by Gasteiger charge is 2.15. The fourth-order valence-electron chi connectivity index (χ4n) is 2.12. The maximum atomic E-state index is 11.1. The number of hydrogen-bond acceptors (Lipinski definition) is 5. The Morgan fingerprint density at radius 2 is 2.19 bits per heavy atom. The SMILES string of the molecule is CCCCN(CC(N)=O)Cc1ccc([N+](=O)[O-])c(NC)c1. The van der Waals surface area contributed by atoms with Gasteiger partial charge in [0.05, 0.1) is 11.5 Å². The molecule has 0 aliphatic heterocycles. The molecule has 0 aromatic heterocycles. The van der Waals surface area contributed by atoms with E-state index in [1.165, 1.54) is 6.07 Å². The van der Waals surface area contributed by atoms with Crippen molar-refractivity contribution >= 4 is 17.3 Å². The van der Waals surface area contributed by atoms with E-state index in [0.29, 0.717) is 12.2 Å². The van der Waals surface area contributed by atoms with Gasteiger partial charge in [-0.2, -0.15) is 0 Å². The number of nitrogens with two attached hydrogens (primary N) is 1. The van der Waals surface area contributed by atoms with Crippen LogP contribution in [0.5, 0.6) is 0 Å². The first kappa shape index (κ1) is 16.9. The molecule has 0 spiro atoms. The molecule has 0 atom stereocenters. The highest BCUT2D eigenvalue weighted by atomic mass is 16.6. The van der Waals surface area contributed by atoms with E-state index >= 15 is 0 Å². The van der Waals surface area contributed by atoms with Gasteiger partial charge >= 0.3 is 0 Å². The quantitative estimate of drug-likeness (QED) is 0.533. The molecular weight excluding hydrogens is 272 g/mol. The predicted molar refractivity (Wildman–Crippen MR) is 82.0 cm³/mol. The van der Waals surface area contributed by atoms with E-state index in [4.69, 9.17) is 5.73 Å². The highest BCUT2D eigenvalue weighted by molar-refractivity contribution is 5.75. The van der Waals surface area contributed by atoms with Gasteiger partial charge in [-0.15, -0.1) is 0 Å². The summed E-state index contributed by atoms with van der Waals surface area (Å²) in [6.07, 6.45) is 2.00. The maximum absolute atomic E-state index is 11.1. The number of benzene rings is 1. The first-order valence-corrected chi connectivity index (χ1v) is 6.93. The van der Waals surface area contributed by atoms with Crippen LogP contribution in [0.15, 0.2) is 18.2 Å². The predicted octanol–water partition coefficient (Wildman–Crippen LogP) is 1.72. The van der Waals surface area contributed by atoms with Crippen LogP contribution in [0.3, 0.4) is 0 Å². The van der Waals surface area contributed by atoms with Crippen molar-refractivity contribution < 1.29 is 9.72 Å². The molecule has 0 fully saturated rings. The van der Waals surface area contributed by atoms with Gasteiger partial charge in [0.2, 0.25) is 5.91 Å². The molecule has 1 aromatic carbocycles. The second-order valence-electron chi connectivity index (χ2n) is 4.89. The van der Waals surface area contributed by atoms with Crippen molar-refractivity contribution in [1.82, 2.24) is 4.90 Å². The molecule has 116 valence electrons. The normalized spacial score (nSPS) is 10.6. The number of anilines is 1. The Morgan fingerprint density at radius 1 is 1.48 bits per heavy atom. The first-order valence-electron chi connectivity index (χ1n) is 6.93. The lowest BCUT2D eigenvalue weighted by Crippen LogP contribution is -2.34. The van der Waals surface area contributed by atoms with E-state index in [0.717, 1.165) is 24.9 Å². The van der Waals surface area contributed by atoms with Gasteiger partial charge in [-0.05, 0) is 24.6 Å². The number of nitro groups is 1. The van der Waals surface area contributed by atoms with E-state index < -0.39 is 4.92 Å². The number of nitrogens with one attached hydrogen (secondary N) is 1. The van der Waals surface area contributed by atoms with Gasteiger partial charge in [-0.3, -0.25) is 19.8 Å². The van der Waals surface area contributed by atoms with Gasteiger partial charge in [-0.25, -0.2) is 0 Å². The molecule has 7 heteroatoms. The van der Waals surface area contributed by atoms with Crippen molar-refractivity contribution in [2.24, 2.45) is 5.73 Å². The standard InChI is InChI=1S/C14H22N4O3/c1-3-4-7-17(10-14(15)19)9-11-5-6-13(18(20)21)12(8-11)16-2/h5-6,8,16H,3-4,7,9-10H2,1-2H3,(H2,15,19). The van der Waals surface area contributed by atoms with Crippen LogP contribution in [0.25, 0.3) is 0 Å². The minimum Gasteiger partial charge on any atom is -0.383 e. The molecule has 1 amide bonds. The molecule has 0 unspecified atom stereocenters. The number of nitrogens with zero attached hydrogens (tertiary/aromatic N) is 2. The van der Waals surface area contributed by atoms with Gasteiger partial charge in [0.15, 0.2) is 0 Å². The number of hydrogen-bond donors (Lipinski definition) is 2. The van der Waals surface area contributed by atoms with Crippen LogP contribution in [0.1, 0.15) is 25.3 Å². The number of carbonyl (C=O) groups is 1. The Labute approximate surface area is 124 Å². The van der Waals surface area contributed by atoms with Gasteiger partial charge in [0.1, 0.15) is 5.69 Å². The summed E-state index contributed by atoms with van der Waals surface area (Å²) in [6, 6.07) is 4.92. The lowest BCUT2D eigenvalue weighted by atomic mass is 10.1. The van der Waals surface area contributed by atoms with Crippen molar-refractivity contribution in [3.63, 3.8) is 0 Å². The van der Waals surface area contributed by atoms with Crippen molar-refractivity contribution in [2.75, 3.05) is 25.5 Å². The lowest BCUT2D eigenvalue weighted by Gasteiger charge is -2.20. The minimum absolute atomic E-state index is 0.0382. The van der Waals surface area contributed by atoms with Crippen LogP contribution in [-0.2, 0) is 11.3 Å². The fraction of sp³-hybridized carbons (Fsp3) is 0.500. The highest BCUT2D eigenvalue weighted by Crippen LogP contribution is 2.25. The summed E-state index contributed by atoms with van der Waals surface area (Å²) < 4.78 is 0. The zero-order valence-corrected chi connectivity index (χ0v) is 12.5. The Kier molecular flexibility index (Phi) is 6.61. The topological polar surface area (TPSA) is 102 Å². The number of amides is 1. The molecule has 1 aromatic rings. The van der Waals surface area contributed by atoms with Gasteiger partial charge < -0.3 is 11.1 Å². The Hall–Kier alpha value is -2.15. The minimum atomic E-state index is -0.423. The molecule has 0 saturated heterocycles. The van der Waals surface area contributed by atoms with Crippen LogP contribution >= 0.6 is 0 Å². The van der Waals surface area contributed by atoms with E-state index in [2.05, 4.69) is 12.2 Å². The van der Waals surface area contributed by atoms with Crippen LogP contribution in [0.4, 0.5) is 11.4 Å². The third-order valence-corrected chi connectivity index (χ3v) is 3.14. The van der Waals surface area contributed by atoms with Gasteiger partial charge in [-0.1, -0.05) is 19.4 Å². The molecular formula is C14H22N4O3. The van der Waals surface area contributed by atoms with E-state index in [-0.39, 0.29) is 18.1 Å². The molecule has 7 nitrogen and oxygen atoms in total. The zero-order chi connectivity index (χ0) is 15.8. The summed E-state index contributed by atoms with van der Waals surface area (Å²) in [5.74, 6) is -0.373. The second kappa shape index (κ2) is 8.21. The molecule has 1 rings (SSSR count). The summed E-state index contributed by atoms with van der Waals surface area (Å²) in [4.78, 5) is 23.5. The number of unbranched alkanes of at least 4 members (excludes halogenated alkanes) is 1. The molecule has 0 bridgehead atoms. The molecule has 0 heterocycles. The zero-order valence-electron chi connectivity index (χ0n) is 12.5. The van der Waals surface area contributed by atoms with Crippen molar-refractivity contribution in [1.29, 1.82) is 0 Å². The van der Waals surface area contributed by atoms with Crippen LogP contribution in [0, 0.1) is 10.1 Å². The molecule has 0 radical (unpaired) electrons. The van der Waals surface area contributed by atoms with Crippen molar-refractivity contribution in [3.05, 3.63) is 33.9 Å². The summed E-state index contributed by atoms with van der Waals surface area (Å²) in [5, 5.41) is 13.7. The number of primary amides is 1. The largest absolute Gasteiger partial charge is 0.383 e. The Bertz CT molecular complexity index is 505. The number of rotatable bonds is 9. The van der Waals surface area contributed by atoms with Crippen LogP contribution < -0.4 is 11.1 Å². The molecule has 3 N–H and O–H groups in total. The molecule has 0 aliphatic carbocycles. The third-order valence-electron chi connectivity index (χ3n) is 3.14. The van der Waals surface area contributed by atoms with E-state index in [1.54, 1.807) is 19.2 Å². The van der Waals surface area contributed by atoms with Gasteiger partial charge in [0, 0.05) is 19.7 Å². The second-order valence-corrected chi connectivity index (χ2v) is 4.89. The smallest absolute Gasteiger partial charge is 0.292 e. The summed E-state index contributed by atoms with van der Waals surface area (Å²) in [5.41, 5.74) is 6.66. The van der Waals surface area contributed by atoms with Gasteiger partial charge in [0.25, 0.3) is 5.69 Å². The van der Waals surface area contributed by atoms with Crippen molar-refractivity contribution in [3.8, 4) is 0 Å². The van der Waals surface area contributed by atoms with Crippen LogP contribution in [0.2, 0.25) is 0 Å². The maximum Gasteiger partial charge on any atom is 0.292 e. The van der Waals surface area contributed by atoms with E-state index in [9.17, 15) is 14.9 Å². The number of carbonyl (C=O) groups excluding carboxylic acids is 1. The molecule has 21 heavy (non-hydrogen) atoms. The van der Waals surface area contributed by atoms with E-state index in [1.807, 2.05) is 4.90 Å². The first-order chi connectivity index (χ1) is 9.97. The average Bonchev–Trinajstić information content (AvgIpc) is 2.43. The summed E-state index contributed by atoms with van der Waals surface area (Å²) >= 11 is 0. The average molecular weight is 294 g/mol. The summed E-state index contributed by atoms with van der Waals surface area (Å²) in [7, 11) is 1.64. The monoisotopic (exact) mass is 294 g/mol. The number of nitro benzene ring substituents is 1. The third kappa shape index (κ3) is 5.39.